The van der Waals surface area contributed by atoms with Gasteiger partial charge < -0.3 is 10.2 Å². The Bertz CT molecular complexity index is 188. The fourth-order valence-corrected chi connectivity index (χ4v) is 2.10. The van der Waals surface area contributed by atoms with Gasteiger partial charge in [0, 0.05) is 32.1 Å². The molecule has 1 aliphatic heterocycles. The van der Waals surface area contributed by atoms with E-state index >= 15 is 0 Å². The molecule has 3 heteroatoms. The molecule has 1 N–H and O–H groups in total. The van der Waals surface area contributed by atoms with E-state index in [0.717, 1.165) is 39.0 Å². The molecule has 1 rings (SSSR count). The van der Waals surface area contributed by atoms with Crippen molar-refractivity contribution in [3.05, 3.63) is 0 Å². The first-order valence-corrected chi connectivity index (χ1v) is 6.29. The summed E-state index contributed by atoms with van der Waals surface area (Å²) in [4.78, 5) is 14.2. The number of rotatable bonds is 5. The van der Waals surface area contributed by atoms with Crippen LogP contribution in [0.15, 0.2) is 0 Å². The van der Waals surface area contributed by atoms with Gasteiger partial charge in [-0.05, 0) is 12.8 Å². The maximum Gasteiger partial charge on any atom is 0.225 e. The van der Waals surface area contributed by atoms with Gasteiger partial charge in [0.2, 0.25) is 5.91 Å². The Labute approximate surface area is 93.2 Å². The van der Waals surface area contributed by atoms with Crippen molar-refractivity contribution in [3.8, 4) is 0 Å². The summed E-state index contributed by atoms with van der Waals surface area (Å²) in [6, 6.07) is 0. The maximum absolute atomic E-state index is 12.1. The van der Waals surface area contributed by atoms with Gasteiger partial charge in [0.15, 0.2) is 0 Å². The summed E-state index contributed by atoms with van der Waals surface area (Å²) in [6.45, 7) is 8.00. The quantitative estimate of drug-likeness (QED) is 0.751. The lowest BCUT2D eigenvalue weighted by molar-refractivity contribution is -0.136. The van der Waals surface area contributed by atoms with Gasteiger partial charge in [-0.1, -0.05) is 26.7 Å². The molecule has 3 nitrogen and oxygen atoms in total. The summed E-state index contributed by atoms with van der Waals surface area (Å²) in [5.41, 5.74) is 0. The number of hydrogen-bond donors (Lipinski definition) is 1. The summed E-state index contributed by atoms with van der Waals surface area (Å²) in [7, 11) is 0. The first-order valence-electron chi connectivity index (χ1n) is 6.29. The Balaban J connectivity index is 2.40. The zero-order valence-electron chi connectivity index (χ0n) is 10.1. The molecule has 0 spiro atoms. The zero-order valence-corrected chi connectivity index (χ0v) is 10.1. The second-order valence-electron chi connectivity index (χ2n) is 4.32. The van der Waals surface area contributed by atoms with Crippen molar-refractivity contribution in [2.45, 2.75) is 39.5 Å². The fourth-order valence-electron chi connectivity index (χ4n) is 2.10. The van der Waals surface area contributed by atoms with Gasteiger partial charge in [-0.2, -0.15) is 0 Å². The van der Waals surface area contributed by atoms with Crippen molar-refractivity contribution in [2.24, 2.45) is 5.92 Å². The lowest BCUT2D eigenvalue weighted by Gasteiger charge is -2.30. The van der Waals surface area contributed by atoms with Crippen LogP contribution in [0.1, 0.15) is 39.5 Å². The van der Waals surface area contributed by atoms with E-state index in [4.69, 9.17) is 0 Å². The molecule has 1 amide bonds. The number of amides is 1. The van der Waals surface area contributed by atoms with Crippen molar-refractivity contribution in [2.75, 3.05) is 26.2 Å². The molecule has 88 valence electrons. The number of carbonyl (C=O) groups is 1. The van der Waals surface area contributed by atoms with E-state index in [1.807, 2.05) is 4.90 Å². The van der Waals surface area contributed by atoms with Crippen LogP contribution in [-0.4, -0.2) is 37.0 Å². The second kappa shape index (κ2) is 6.83. The predicted molar refractivity (Wildman–Crippen MR) is 62.8 cm³/mol. The first kappa shape index (κ1) is 12.5. The highest BCUT2D eigenvalue weighted by Gasteiger charge is 2.23. The summed E-state index contributed by atoms with van der Waals surface area (Å²) in [5, 5.41) is 3.28. The standard InChI is InChI=1S/C12H24N2O/c1-3-5-6-11(4-2)12(15)14-9-7-13-8-10-14/h11,13H,3-10H2,1-2H3/t11-/m1/s1. The number of nitrogens with zero attached hydrogens (tertiary/aromatic N) is 1. The molecule has 0 bridgehead atoms. The van der Waals surface area contributed by atoms with E-state index in [9.17, 15) is 4.79 Å². The Morgan fingerprint density at radius 2 is 2.00 bits per heavy atom. The van der Waals surface area contributed by atoms with Crippen molar-refractivity contribution < 1.29 is 4.79 Å². The number of unbranched alkanes of at least 4 members (excludes halogenated alkanes) is 1. The first-order chi connectivity index (χ1) is 7.29. The summed E-state index contributed by atoms with van der Waals surface area (Å²) in [6.07, 6.45) is 4.42. The Morgan fingerprint density at radius 1 is 1.33 bits per heavy atom. The topological polar surface area (TPSA) is 32.3 Å². The van der Waals surface area contributed by atoms with Crippen molar-refractivity contribution in [1.29, 1.82) is 0 Å². The molecule has 0 radical (unpaired) electrons. The minimum absolute atomic E-state index is 0.267. The molecule has 15 heavy (non-hydrogen) atoms. The lowest BCUT2D eigenvalue weighted by atomic mass is 9.97. The maximum atomic E-state index is 12.1. The SMILES string of the molecule is CCCC[C@@H](CC)C(=O)N1CCNCC1. The molecular formula is C12H24N2O. The third-order valence-corrected chi connectivity index (χ3v) is 3.18. The molecule has 0 aliphatic carbocycles. The van der Waals surface area contributed by atoms with Gasteiger partial charge in [0.05, 0.1) is 0 Å². The minimum atomic E-state index is 0.267. The average molecular weight is 212 g/mol. The molecule has 0 aromatic rings. The highest BCUT2D eigenvalue weighted by molar-refractivity contribution is 5.78. The van der Waals surface area contributed by atoms with E-state index in [2.05, 4.69) is 19.2 Å². The van der Waals surface area contributed by atoms with Crippen molar-refractivity contribution >= 4 is 5.91 Å². The van der Waals surface area contributed by atoms with Gasteiger partial charge >= 0.3 is 0 Å². The largest absolute Gasteiger partial charge is 0.340 e. The van der Waals surface area contributed by atoms with Crippen molar-refractivity contribution in [3.63, 3.8) is 0 Å². The number of piperazine rings is 1. The van der Waals surface area contributed by atoms with E-state index in [-0.39, 0.29) is 5.92 Å². The highest BCUT2D eigenvalue weighted by atomic mass is 16.2. The van der Waals surface area contributed by atoms with E-state index < -0.39 is 0 Å². The van der Waals surface area contributed by atoms with Crippen LogP contribution in [0.3, 0.4) is 0 Å². The monoisotopic (exact) mass is 212 g/mol. The predicted octanol–water partition coefficient (Wildman–Crippen LogP) is 1.63. The third-order valence-electron chi connectivity index (χ3n) is 3.18. The molecule has 1 saturated heterocycles. The van der Waals surface area contributed by atoms with Crippen LogP contribution in [0.2, 0.25) is 0 Å². The molecule has 0 saturated carbocycles. The van der Waals surface area contributed by atoms with Gasteiger partial charge in [-0.3, -0.25) is 4.79 Å². The van der Waals surface area contributed by atoms with Gasteiger partial charge in [-0.25, -0.2) is 0 Å². The lowest BCUT2D eigenvalue weighted by Crippen LogP contribution is -2.48. The molecule has 0 aromatic carbocycles. The molecule has 0 unspecified atom stereocenters. The van der Waals surface area contributed by atoms with E-state index in [1.165, 1.54) is 12.8 Å². The van der Waals surface area contributed by atoms with Crippen LogP contribution in [0.25, 0.3) is 0 Å². The normalized spacial score (nSPS) is 18.9. The van der Waals surface area contributed by atoms with Gasteiger partial charge in [-0.15, -0.1) is 0 Å². The number of hydrogen-bond acceptors (Lipinski definition) is 2. The van der Waals surface area contributed by atoms with Gasteiger partial charge in [0.1, 0.15) is 0 Å². The number of carbonyl (C=O) groups excluding carboxylic acids is 1. The summed E-state index contributed by atoms with van der Waals surface area (Å²) in [5.74, 6) is 0.649. The molecular weight excluding hydrogens is 188 g/mol. The van der Waals surface area contributed by atoms with Crippen LogP contribution in [0.4, 0.5) is 0 Å². The average Bonchev–Trinajstić information content (AvgIpc) is 2.31. The third kappa shape index (κ3) is 3.82. The summed E-state index contributed by atoms with van der Waals surface area (Å²) >= 11 is 0. The van der Waals surface area contributed by atoms with Gasteiger partial charge in [0.25, 0.3) is 0 Å². The minimum Gasteiger partial charge on any atom is -0.340 e. The van der Waals surface area contributed by atoms with Crippen LogP contribution in [0, 0.1) is 5.92 Å². The Kier molecular flexibility index (Phi) is 5.69. The Morgan fingerprint density at radius 3 is 2.53 bits per heavy atom. The molecule has 1 aliphatic rings. The van der Waals surface area contributed by atoms with E-state index in [0.29, 0.717) is 5.91 Å². The zero-order chi connectivity index (χ0) is 11.1. The van der Waals surface area contributed by atoms with Crippen LogP contribution in [0.5, 0.6) is 0 Å². The Hall–Kier alpha value is -0.570. The smallest absolute Gasteiger partial charge is 0.225 e. The van der Waals surface area contributed by atoms with Crippen LogP contribution < -0.4 is 5.32 Å². The molecule has 1 heterocycles. The fraction of sp³-hybridized carbons (Fsp3) is 0.917. The van der Waals surface area contributed by atoms with E-state index in [1.54, 1.807) is 0 Å². The van der Waals surface area contributed by atoms with Crippen molar-refractivity contribution in [1.82, 2.24) is 10.2 Å². The van der Waals surface area contributed by atoms with Crippen LogP contribution in [-0.2, 0) is 4.79 Å². The number of nitrogens with one attached hydrogen (secondary N) is 1. The molecule has 1 fully saturated rings. The highest BCUT2D eigenvalue weighted by Crippen LogP contribution is 2.16. The van der Waals surface area contributed by atoms with Crippen LogP contribution >= 0.6 is 0 Å². The molecule has 1 atom stereocenters. The summed E-state index contributed by atoms with van der Waals surface area (Å²) < 4.78 is 0. The second-order valence-corrected chi connectivity index (χ2v) is 4.32. The molecule has 0 aromatic heterocycles.